The van der Waals surface area contributed by atoms with Crippen molar-refractivity contribution < 1.29 is 14.3 Å². The fourth-order valence-corrected chi connectivity index (χ4v) is 3.27. The standard InChI is InChI=1S/C20H25NO3/c1-15-7-4-5-13-23-19(15)12-14-24-20(22)21-18-11-6-9-16-8-2-3-10-17(16)18/h2-3,6,8-11,15,19H,4-5,7,12-14H2,1H3,(H,21,22)/t15-,19-/m1/s1. The molecular weight excluding hydrogens is 302 g/mol. The average molecular weight is 327 g/mol. The zero-order valence-electron chi connectivity index (χ0n) is 14.2. The van der Waals surface area contributed by atoms with Crippen LogP contribution in [0.25, 0.3) is 10.8 Å². The summed E-state index contributed by atoms with van der Waals surface area (Å²) >= 11 is 0. The normalized spacial score (nSPS) is 21.2. The van der Waals surface area contributed by atoms with Crippen molar-refractivity contribution in [1.29, 1.82) is 0 Å². The molecule has 0 aromatic heterocycles. The summed E-state index contributed by atoms with van der Waals surface area (Å²) in [5.41, 5.74) is 0.775. The number of carbonyl (C=O) groups is 1. The average Bonchev–Trinajstić information content (AvgIpc) is 2.80. The number of hydrogen-bond acceptors (Lipinski definition) is 3. The van der Waals surface area contributed by atoms with E-state index in [0.717, 1.165) is 35.9 Å². The topological polar surface area (TPSA) is 47.6 Å². The summed E-state index contributed by atoms with van der Waals surface area (Å²) in [7, 11) is 0. The number of nitrogens with one attached hydrogen (secondary N) is 1. The van der Waals surface area contributed by atoms with Gasteiger partial charge in [0, 0.05) is 18.4 Å². The van der Waals surface area contributed by atoms with Gasteiger partial charge in [0.1, 0.15) is 0 Å². The van der Waals surface area contributed by atoms with Crippen LogP contribution in [-0.2, 0) is 9.47 Å². The highest BCUT2D eigenvalue weighted by Gasteiger charge is 2.20. The molecule has 1 aliphatic heterocycles. The molecule has 1 heterocycles. The predicted molar refractivity (Wildman–Crippen MR) is 96.3 cm³/mol. The van der Waals surface area contributed by atoms with E-state index in [2.05, 4.69) is 12.2 Å². The summed E-state index contributed by atoms with van der Waals surface area (Å²) in [5.74, 6) is 0.525. The second kappa shape index (κ2) is 8.15. The quantitative estimate of drug-likeness (QED) is 0.861. The Morgan fingerprint density at radius 1 is 1.21 bits per heavy atom. The second-order valence-electron chi connectivity index (χ2n) is 6.46. The molecule has 2 atom stereocenters. The maximum Gasteiger partial charge on any atom is 0.411 e. The van der Waals surface area contributed by atoms with Gasteiger partial charge in [-0.15, -0.1) is 0 Å². The Morgan fingerprint density at radius 2 is 2.04 bits per heavy atom. The van der Waals surface area contributed by atoms with Crippen LogP contribution in [-0.4, -0.2) is 25.4 Å². The molecule has 1 saturated heterocycles. The minimum Gasteiger partial charge on any atom is -0.449 e. The number of anilines is 1. The number of hydrogen-bond donors (Lipinski definition) is 1. The third-order valence-electron chi connectivity index (χ3n) is 4.68. The van der Waals surface area contributed by atoms with Crippen LogP contribution < -0.4 is 5.32 Å². The Morgan fingerprint density at radius 3 is 2.96 bits per heavy atom. The van der Waals surface area contributed by atoms with Gasteiger partial charge in [-0.05, 0) is 30.2 Å². The molecule has 1 fully saturated rings. The summed E-state index contributed by atoms with van der Waals surface area (Å²) in [5, 5.41) is 4.95. The SMILES string of the molecule is C[C@@H]1CCCCO[C@@H]1CCOC(=O)Nc1cccc2ccccc12. The highest BCUT2D eigenvalue weighted by molar-refractivity contribution is 6.00. The van der Waals surface area contributed by atoms with Crippen LogP contribution >= 0.6 is 0 Å². The molecule has 1 aliphatic rings. The van der Waals surface area contributed by atoms with Crippen molar-refractivity contribution in [2.24, 2.45) is 5.92 Å². The van der Waals surface area contributed by atoms with Crippen molar-refractivity contribution in [1.82, 2.24) is 0 Å². The summed E-state index contributed by atoms with van der Waals surface area (Å²) in [6.07, 6.45) is 4.07. The highest BCUT2D eigenvalue weighted by atomic mass is 16.5. The summed E-state index contributed by atoms with van der Waals surface area (Å²) in [4.78, 5) is 12.1. The fourth-order valence-electron chi connectivity index (χ4n) is 3.27. The van der Waals surface area contributed by atoms with E-state index < -0.39 is 6.09 Å². The Hall–Kier alpha value is -2.07. The van der Waals surface area contributed by atoms with Gasteiger partial charge in [-0.2, -0.15) is 0 Å². The van der Waals surface area contributed by atoms with Crippen LogP contribution in [0.5, 0.6) is 0 Å². The number of rotatable bonds is 4. The van der Waals surface area contributed by atoms with Gasteiger partial charge >= 0.3 is 6.09 Å². The summed E-state index contributed by atoms with van der Waals surface area (Å²) < 4.78 is 11.2. The van der Waals surface area contributed by atoms with Crippen molar-refractivity contribution in [2.45, 2.75) is 38.7 Å². The number of benzene rings is 2. The monoisotopic (exact) mass is 327 g/mol. The number of fused-ring (bicyclic) bond motifs is 1. The van der Waals surface area contributed by atoms with Crippen LogP contribution in [0.4, 0.5) is 10.5 Å². The summed E-state index contributed by atoms with van der Waals surface area (Å²) in [6, 6.07) is 13.8. The van der Waals surface area contributed by atoms with Crippen molar-refractivity contribution in [3.63, 3.8) is 0 Å². The lowest BCUT2D eigenvalue weighted by molar-refractivity contribution is 0.0122. The van der Waals surface area contributed by atoms with Crippen molar-refractivity contribution >= 4 is 22.6 Å². The Balaban J connectivity index is 1.52. The van der Waals surface area contributed by atoms with Gasteiger partial charge in [-0.1, -0.05) is 49.7 Å². The molecule has 3 rings (SSSR count). The van der Waals surface area contributed by atoms with Gasteiger partial charge < -0.3 is 9.47 Å². The Kier molecular flexibility index (Phi) is 5.70. The molecule has 24 heavy (non-hydrogen) atoms. The molecule has 128 valence electrons. The van der Waals surface area contributed by atoms with Crippen molar-refractivity contribution in [3.8, 4) is 0 Å². The lowest BCUT2D eigenvalue weighted by atomic mass is 9.97. The number of carbonyl (C=O) groups excluding carboxylic acids is 1. The molecule has 0 saturated carbocycles. The van der Waals surface area contributed by atoms with E-state index >= 15 is 0 Å². The predicted octanol–water partition coefficient (Wildman–Crippen LogP) is 4.98. The molecule has 0 aliphatic carbocycles. The van der Waals surface area contributed by atoms with Crippen LogP contribution in [0.2, 0.25) is 0 Å². The van der Waals surface area contributed by atoms with Crippen molar-refractivity contribution in [3.05, 3.63) is 42.5 Å². The molecule has 0 unspecified atom stereocenters. The molecule has 0 bridgehead atoms. The third-order valence-corrected chi connectivity index (χ3v) is 4.68. The lowest BCUT2D eigenvalue weighted by Crippen LogP contribution is -2.24. The molecule has 0 radical (unpaired) electrons. The molecule has 4 nitrogen and oxygen atoms in total. The van der Waals surface area contributed by atoms with Gasteiger partial charge in [0.05, 0.1) is 18.4 Å². The van der Waals surface area contributed by atoms with Gasteiger partial charge in [0.2, 0.25) is 0 Å². The van der Waals surface area contributed by atoms with Gasteiger partial charge in [0.15, 0.2) is 0 Å². The second-order valence-corrected chi connectivity index (χ2v) is 6.46. The molecular formula is C20H25NO3. The minimum atomic E-state index is -0.410. The maximum absolute atomic E-state index is 12.1. The molecule has 4 heteroatoms. The van der Waals surface area contributed by atoms with Crippen molar-refractivity contribution in [2.75, 3.05) is 18.5 Å². The molecule has 1 N–H and O–H groups in total. The molecule has 2 aromatic carbocycles. The molecule has 2 aromatic rings. The lowest BCUT2D eigenvalue weighted by Gasteiger charge is -2.21. The zero-order valence-corrected chi connectivity index (χ0v) is 14.2. The van der Waals surface area contributed by atoms with Crippen LogP contribution in [0.15, 0.2) is 42.5 Å². The van der Waals surface area contributed by atoms with Crippen LogP contribution in [0.1, 0.15) is 32.6 Å². The molecule has 1 amide bonds. The van der Waals surface area contributed by atoms with Gasteiger partial charge in [-0.25, -0.2) is 4.79 Å². The Labute approximate surface area is 143 Å². The number of ether oxygens (including phenoxy) is 2. The van der Waals surface area contributed by atoms with E-state index in [4.69, 9.17) is 9.47 Å². The van der Waals surface area contributed by atoms with E-state index in [1.807, 2.05) is 42.5 Å². The van der Waals surface area contributed by atoms with Gasteiger partial charge in [-0.3, -0.25) is 5.32 Å². The zero-order chi connectivity index (χ0) is 16.8. The van der Waals surface area contributed by atoms with E-state index in [0.29, 0.717) is 12.5 Å². The third kappa shape index (κ3) is 4.26. The first-order chi connectivity index (χ1) is 11.7. The van der Waals surface area contributed by atoms with E-state index in [1.165, 1.54) is 12.8 Å². The van der Waals surface area contributed by atoms with E-state index in [9.17, 15) is 4.79 Å². The largest absolute Gasteiger partial charge is 0.449 e. The smallest absolute Gasteiger partial charge is 0.411 e. The number of amides is 1. The van der Waals surface area contributed by atoms with E-state index in [1.54, 1.807) is 0 Å². The first kappa shape index (κ1) is 16.8. The van der Waals surface area contributed by atoms with Gasteiger partial charge in [0.25, 0.3) is 0 Å². The highest BCUT2D eigenvalue weighted by Crippen LogP contribution is 2.24. The maximum atomic E-state index is 12.1. The fraction of sp³-hybridized carbons (Fsp3) is 0.450. The summed E-state index contributed by atoms with van der Waals surface area (Å²) in [6.45, 7) is 3.41. The molecule has 0 spiro atoms. The minimum absolute atomic E-state index is 0.192. The first-order valence-corrected chi connectivity index (χ1v) is 8.77. The first-order valence-electron chi connectivity index (χ1n) is 8.77. The van der Waals surface area contributed by atoms with Crippen LogP contribution in [0.3, 0.4) is 0 Å². The van der Waals surface area contributed by atoms with E-state index in [-0.39, 0.29) is 6.10 Å². The van der Waals surface area contributed by atoms with Crippen LogP contribution in [0, 0.1) is 5.92 Å². The Bertz CT molecular complexity index is 680.